The average molecular weight is 253 g/mol. The number of ether oxygens (including phenoxy) is 1. The van der Waals surface area contributed by atoms with Crippen LogP contribution >= 0.6 is 0 Å². The van der Waals surface area contributed by atoms with Gasteiger partial charge in [0.1, 0.15) is 6.29 Å². The fourth-order valence-corrected chi connectivity index (χ4v) is 3.34. The van der Waals surface area contributed by atoms with Gasteiger partial charge in [-0.1, -0.05) is 6.92 Å². The first-order valence-electron chi connectivity index (χ1n) is 7.27. The second-order valence-corrected chi connectivity index (χ2v) is 6.98. The molecule has 0 N–H and O–H groups in total. The quantitative estimate of drug-likeness (QED) is 0.724. The first kappa shape index (κ1) is 14.0. The van der Waals surface area contributed by atoms with Gasteiger partial charge in [-0.25, -0.2) is 0 Å². The fraction of sp³-hybridized carbons (Fsp3) is 0.933. The Labute approximate surface area is 111 Å². The number of hydrogen-bond acceptors (Lipinski definition) is 3. The molecule has 1 saturated carbocycles. The second-order valence-electron chi connectivity index (χ2n) is 6.98. The summed E-state index contributed by atoms with van der Waals surface area (Å²) >= 11 is 0. The highest BCUT2D eigenvalue weighted by Crippen LogP contribution is 2.38. The van der Waals surface area contributed by atoms with Crippen molar-refractivity contribution in [3.8, 4) is 0 Å². The minimum absolute atomic E-state index is 0.0652. The van der Waals surface area contributed by atoms with Crippen LogP contribution in [-0.4, -0.2) is 43.0 Å². The number of carbonyl (C=O) groups is 1. The molecular formula is C15H27NO2. The largest absolute Gasteiger partial charge is 0.373 e. The van der Waals surface area contributed by atoms with E-state index in [0.717, 1.165) is 45.0 Å². The lowest BCUT2D eigenvalue weighted by Gasteiger charge is -2.44. The molecule has 0 bridgehead atoms. The summed E-state index contributed by atoms with van der Waals surface area (Å²) < 4.78 is 5.74. The molecule has 2 aliphatic rings. The molecule has 0 radical (unpaired) electrons. The summed E-state index contributed by atoms with van der Waals surface area (Å²) in [7, 11) is 0. The number of aldehydes is 1. The van der Waals surface area contributed by atoms with Crippen LogP contribution < -0.4 is 0 Å². The summed E-state index contributed by atoms with van der Waals surface area (Å²) in [5.74, 6) is 0.791. The van der Waals surface area contributed by atoms with Gasteiger partial charge in [0.2, 0.25) is 0 Å². The van der Waals surface area contributed by atoms with E-state index < -0.39 is 0 Å². The fourth-order valence-electron chi connectivity index (χ4n) is 3.34. The van der Waals surface area contributed by atoms with Crippen LogP contribution in [0, 0.1) is 11.3 Å². The Morgan fingerprint density at radius 3 is 2.56 bits per heavy atom. The van der Waals surface area contributed by atoms with Crippen LogP contribution in [0.4, 0.5) is 0 Å². The Morgan fingerprint density at radius 2 is 2.00 bits per heavy atom. The lowest BCUT2D eigenvalue weighted by Crippen LogP contribution is -2.52. The Hall–Kier alpha value is -0.410. The Kier molecular flexibility index (Phi) is 4.12. The van der Waals surface area contributed by atoms with Gasteiger partial charge in [-0.15, -0.1) is 0 Å². The monoisotopic (exact) mass is 253 g/mol. The van der Waals surface area contributed by atoms with Gasteiger partial charge in [0, 0.05) is 25.0 Å². The van der Waals surface area contributed by atoms with Crippen molar-refractivity contribution >= 4 is 6.29 Å². The predicted octanol–water partition coefficient (Wildman–Crippen LogP) is 2.49. The summed E-state index contributed by atoms with van der Waals surface area (Å²) in [5.41, 5.74) is -0.149. The molecule has 104 valence electrons. The lowest BCUT2D eigenvalue weighted by molar-refractivity contribution is -0.125. The van der Waals surface area contributed by atoms with Crippen molar-refractivity contribution in [2.24, 2.45) is 11.3 Å². The van der Waals surface area contributed by atoms with Crippen LogP contribution in [-0.2, 0) is 9.53 Å². The highest BCUT2D eigenvalue weighted by atomic mass is 16.5. The van der Waals surface area contributed by atoms with Crippen molar-refractivity contribution in [3.63, 3.8) is 0 Å². The highest BCUT2D eigenvalue weighted by molar-refractivity contribution is 5.60. The van der Waals surface area contributed by atoms with Gasteiger partial charge < -0.3 is 9.53 Å². The molecule has 0 spiro atoms. The van der Waals surface area contributed by atoms with Crippen LogP contribution in [0.25, 0.3) is 0 Å². The normalized spacial score (nSPS) is 37.4. The van der Waals surface area contributed by atoms with E-state index >= 15 is 0 Å². The van der Waals surface area contributed by atoms with Gasteiger partial charge in [-0.05, 0) is 45.4 Å². The molecule has 3 nitrogen and oxygen atoms in total. The third-order valence-electron chi connectivity index (χ3n) is 4.56. The standard InChI is InChI=1S/C15H27NO2/c1-13-4-6-15(12-17,7-5-13)11-16-8-9-18-14(2,3)10-16/h12-13H,4-11H2,1-3H3. The summed E-state index contributed by atoms with van der Waals surface area (Å²) in [6, 6.07) is 0. The topological polar surface area (TPSA) is 29.5 Å². The summed E-state index contributed by atoms with van der Waals surface area (Å²) in [6.07, 6.45) is 5.77. The molecule has 1 saturated heterocycles. The summed E-state index contributed by atoms with van der Waals surface area (Å²) in [5, 5.41) is 0. The Morgan fingerprint density at radius 1 is 1.33 bits per heavy atom. The molecule has 3 heteroatoms. The second kappa shape index (κ2) is 5.30. The molecular weight excluding hydrogens is 226 g/mol. The maximum atomic E-state index is 11.6. The molecule has 2 fully saturated rings. The molecule has 0 aromatic carbocycles. The molecule has 18 heavy (non-hydrogen) atoms. The van der Waals surface area contributed by atoms with Crippen LogP contribution in [0.2, 0.25) is 0 Å². The van der Waals surface area contributed by atoms with Gasteiger partial charge in [-0.2, -0.15) is 0 Å². The van der Waals surface area contributed by atoms with Crippen LogP contribution in [0.15, 0.2) is 0 Å². The maximum Gasteiger partial charge on any atom is 0.127 e. The molecule has 1 aliphatic carbocycles. The maximum absolute atomic E-state index is 11.6. The third-order valence-corrected chi connectivity index (χ3v) is 4.56. The summed E-state index contributed by atoms with van der Waals surface area (Å²) in [6.45, 7) is 10.2. The van der Waals surface area contributed by atoms with Crippen molar-refractivity contribution in [1.82, 2.24) is 4.90 Å². The molecule has 0 aromatic heterocycles. The minimum Gasteiger partial charge on any atom is -0.373 e. The van der Waals surface area contributed by atoms with Crippen molar-refractivity contribution in [2.75, 3.05) is 26.2 Å². The number of nitrogens with zero attached hydrogens (tertiary/aromatic N) is 1. The SMILES string of the molecule is CC1CCC(C=O)(CN2CCOC(C)(C)C2)CC1. The van der Waals surface area contributed by atoms with Crippen LogP contribution in [0.3, 0.4) is 0 Å². The van der Waals surface area contributed by atoms with E-state index in [2.05, 4.69) is 25.7 Å². The minimum atomic E-state index is -0.0834. The van der Waals surface area contributed by atoms with Crippen molar-refractivity contribution in [1.29, 1.82) is 0 Å². The highest BCUT2D eigenvalue weighted by Gasteiger charge is 2.38. The molecule has 0 aromatic rings. The van der Waals surface area contributed by atoms with Crippen molar-refractivity contribution in [3.05, 3.63) is 0 Å². The zero-order valence-corrected chi connectivity index (χ0v) is 12.1. The first-order valence-corrected chi connectivity index (χ1v) is 7.27. The lowest BCUT2D eigenvalue weighted by atomic mass is 9.71. The average Bonchev–Trinajstić information content (AvgIpc) is 2.31. The molecule has 1 heterocycles. The zero-order chi connectivity index (χ0) is 13.2. The van der Waals surface area contributed by atoms with Gasteiger partial charge in [0.25, 0.3) is 0 Å². The van der Waals surface area contributed by atoms with E-state index in [1.54, 1.807) is 0 Å². The number of rotatable bonds is 3. The van der Waals surface area contributed by atoms with Crippen molar-refractivity contribution in [2.45, 2.75) is 52.1 Å². The Bertz CT molecular complexity index is 293. The molecule has 2 rings (SSSR count). The number of morpholine rings is 1. The predicted molar refractivity (Wildman–Crippen MR) is 72.6 cm³/mol. The van der Waals surface area contributed by atoms with E-state index in [4.69, 9.17) is 4.74 Å². The molecule has 0 atom stereocenters. The zero-order valence-electron chi connectivity index (χ0n) is 12.1. The first-order chi connectivity index (χ1) is 8.45. The smallest absolute Gasteiger partial charge is 0.127 e. The van der Waals surface area contributed by atoms with E-state index in [1.807, 2.05) is 0 Å². The number of hydrogen-bond donors (Lipinski definition) is 0. The van der Waals surface area contributed by atoms with Gasteiger partial charge in [-0.3, -0.25) is 4.90 Å². The van der Waals surface area contributed by atoms with Gasteiger partial charge in [0.05, 0.1) is 12.2 Å². The van der Waals surface area contributed by atoms with Crippen LogP contribution in [0.5, 0.6) is 0 Å². The van der Waals surface area contributed by atoms with Crippen molar-refractivity contribution < 1.29 is 9.53 Å². The molecule has 0 amide bonds. The summed E-state index contributed by atoms with van der Waals surface area (Å²) in [4.78, 5) is 14.0. The molecule has 0 unspecified atom stereocenters. The van der Waals surface area contributed by atoms with Crippen LogP contribution in [0.1, 0.15) is 46.5 Å². The van der Waals surface area contributed by atoms with E-state index in [9.17, 15) is 4.79 Å². The molecule has 1 aliphatic heterocycles. The van der Waals surface area contributed by atoms with E-state index in [-0.39, 0.29) is 11.0 Å². The number of carbonyl (C=O) groups excluding carboxylic acids is 1. The van der Waals surface area contributed by atoms with Gasteiger partial charge >= 0.3 is 0 Å². The van der Waals surface area contributed by atoms with E-state index in [0.29, 0.717) is 0 Å². The van der Waals surface area contributed by atoms with E-state index in [1.165, 1.54) is 19.1 Å². The van der Waals surface area contributed by atoms with Gasteiger partial charge in [0.15, 0.2) is 0 Å². The Balaban J connectivity index is 1.96. The third kappa shape index (κ3) is 3.33.